The normalized spacial score (nSPS) is 15.9. The van der Waals surface area contributed by atoms with E-state index in [-0.39, 0.29) is 0 Å². The minimum Gasteiger partial charge on any atom is -0.370 e. The Balaban J connectivity index is 1.98. The molecule has 1 aliphatic carbocycles. The van der Waals surface area contributed by atoms with Crippen LogP contribution in [0.2, 0.25) is 0 Å². The summed E-state index contributed by atoms with van der Waals surface area (Å²) < 4.78 is 0. The number of nitrogens with one attached hydrogen (secondary N) is 2. The molecule has 1 aromatic rings. The molecule has 20 heavy (non-hydrogen) atoms. The molecule has 2 N–H and O–H groups in total. The van der Waals surface area contributed by atoms with E-state index in [9.17, 15) is 0 Å². The summed E-state index contributed by atoms with van der Waals surface area (Å²) in [6.07, 6.45) is 3.63. The molecule has 0 aliphatic heterocycles. The molecule has 2 rings (SSSR count). The Morgan fingerprint density at radius 3 is 2.70 bits per heavy atom. The van der Waals surface area contributed by atoms with Crippen molar-refractivity contribution in [3.63, 3.8) is 0 Å². The van der Waals surface area contributed by atoms with Crippen molar-refractivity contribution in [2.45, 2.75) is 52.0 Å². The largest absolute Gasteiger partial charge is 0.370 e. The summed E-state index contributed by atoms with van der Waals surface area (Å²) >= 11 is 1.99. The maximum Gasteiger partial charge on any atom is 0.136 e. The van der Waals surface area contributed by atoms with Crippen LogP contribution in [0.1, 0.15) is 51.8 Å². The number of hydrogen-bond donors (Lipinski definition) is 2. The fourth-order valence-electron chi connectivity index (χ4n) is 2.06. The monoisotopic (exact) mass is 294 g/mol. The fraction of sp³-hybridized carbons (Fsp3) is 0.733. The van der Waals surface area contributed by atoms with Gasteiger partial charge in [0.1, 0.15) is 17.5 Å². The molecule has 1 atom stereocenters. The van der Waals surface area contributed by atoms with E-state index >= 15 is 0 Å². The van der Waals surface area contributed by atoms with Crippen LogP contribution in [-0.2, 0) is 0 Å². The summed E-state index contributed by atoms with van der Waals surface area (Å²) in [7, 11) is 0. The zero-order valence-electron chi connectivity index (χ0n) is 12.8. The Morgan fingerprint density at radius 2 is 2.05 bits per heavy atom. The fourth-order valence-corrected chi connectivity index (χ4v) is 2.87. The highest BCUT2D eigenvalue weighted by Gasteiger charge is 2.27. The van der Waals surface area contributed by atoms with Crippen LogP contribution in [-0.4, -0.2) is 34.1 Å². The van der Waals surface area contributed by atoms with Gasteiger partial charge in [-0.25, -0.2) is 9.97 Å². The van der Waals surface area contributed by atoms with Crippen LogP contribution < -0.4 is 10.6 Å². The average molecular weight is 294 g/mol. The van der Waals surface area contributed by atoms with Gasteiger partial charge in [0.15, 0.2) is 0 Å². The van der Waals surface area contributed by atoms with Crippen molar-refractivity contribution in [2.24, 2.45) is 0 Å². The first-order valence-electron chi connectivity index (χ1n) is 7.70. The highest BCUT2D eigenvalue weighted by molar-refractivity contribution is 7.99. The first-order chi connectivity index (χ1) is 9.72. The molecule has 0 spiro atoms. The summed E-state index contributed by atoms with van der Waals surface area (Å²) in [4.78, 5) is 9.28. The van der Waals surface area contributed by atoms with E-state index in [1.54, 1.807) is 0 Å². The number of rotatable bonds is 9. The lowest BCUT2D eigenvalue weighted by Crippen LogP contribution is -2.18. The van der Waals surface area contributed by atoms with E-state index in [1.165, 1.54) is 24.3 Å². The Morgan fingerprint density at radius 1 is 1.30 bits per heavy atom. The third-order valence-electron chi connectivity index (χ3n) is 3.34. The van der Waals surface area contributed by atoms with Crippen molar-refractivity contribution < 1.29 is 0 Å². The van der Waals surface area contributed by atoms with Gasteiger partial charge in [0.2, 0.25) is 0 Å². The van der Waals surface area contributed by atoms with Crippen LogP contribution in [0.15, 0.2) is 6.07 Å². The van der Waals surface area contributed by atoms with Crippen LogP contribution in [0, 0.1) is 0 Å². The molecule has 0 amide bonds. The molecule has 4 nitrogen and oxygen atoms in total. The van der Waals surface area contributed by atoms with Crippen molar-refractivity contribution in [3.05, 3.63) is 11.9 Å². The van der Waals surface area contributed by atoms with Crippen LogP contribution in [0.3, 0.4) is 0 Å². The predicted octanol–water partition coefficient (Wildman–Crippen LogP) is 3.73. The Labute approximate surface area is 126 Å². The molecule has 1 saturated carbocycles. The molecular formula is C15H26N4S. The second-order valence-corrected chi connectivity index (χ2v) is 6.73. The number of hydrogen-bond acceptors (Lipinski definition) is 5. The van der Waals surface area contributed by atoms with E-state index in [0.29, 0.717) is 12.0 Å². The van der Waals surface area contributed by atoms with Gasteiger partial charge < -0.3 is 10.6 Å². The molecule has 1 aromatic heterocycles. The molecule has 0 radical (unpaired) electrons. The van der Waals surface area contributed by atoms with Crippen LogP contribution in [0.25, 0.3) is 0 Å². The highest BCUT2D eigenvalue weighted by atomic mass is 32.2. The molecule has 0 bridgehead atoms. The summed E-state index contributed by atoms with van der Waals surface area (Å²) in [6, 6.07) is 2.48. The lowest BCUT2D eigenvalue weighted by molar-refractivity contribution is 0.762. The molecule has 1 unspecified atom stereocenters. The van der Waals surface area contributed by atoms with Crippen LogP contribution >= 0.6 is 11.8 Å². The minimum atomic E-state index is 0.450. The number of aromatic nitrogens is 2. The van der Waals surface area contributed by atoms with Gasteiger partial charge in [0.25, 0.3) is 0 Å². The number of thioether (sulfide) groups is 1. The van der Waals surface area contributed by atoms with Gasteiger partial charge in [0.05, 0.1) is 0 Å². The molecule has 1 aliphatic rings. The van der Waals surface area contributed by atoms with E-state index < -0.39 is 0 Å². The summed E-state index contributed by atoms with van der Waals surface area (Å²) in [5.74, 6) is 5.89. The molecular weight excluding hydrogens is 268 g/mol. The standard InChI is InChI=1S/C15H26N4S/c1-4-16-13-10-14(17-11(3)8-9-20-5-2)19-15(18-13)12-6-7-12/h10-12H,4-9H2,1-3H3,(H2,16,17,18,19). The van der Waals surface area contributed by atoms with Crippen molar-refractivity contribution >= 4 is 23.4 Å². The number of anilines is 2. The summed E-state index contributed by atoms with van der Waals surface area (Å²) in [6.45, 7) is 7.42. The Hall–Kier alpha value is -0.970. The quantitative estimate of drug-likeness (QED) is 0.680. The van der Waals surface area contributed by atoms with E-state index in [0.717, 1.165) is 30.4 Å². The summed E-state index contributed by atoms with van der Waals surface area (Å²) in [5, 5.41) is 6.82. The zero-order chi connectivity index (χ0) is 14.4. The van der Waals surface area contributed by atoms with Gasteiger partial charge in [-0.15, -0.1) is 0 Å². The first-order valence-corrected chi connectivity index (χ1v) is 8.85. The third kappa shape index (κ3) is 4.85. The van der Waals surface area contributed by atoms with Gasteiger partial charge in [-0.05, 0) is 44.6 Å². The van der Waals surface area contributed by atoms with Crippen molar-refractivity contribution in [1.82, 2.24) is 9.97 Å². The van der Waals surface area contributed by atoms with Crippen LogP contribution in [0.5, 0.6) is 0 Å². The topological polar surface area (TPSA) is 49.8 Å². The molecule has 0 aromatic carbocycles. The molecule has 1 heterocycles. The Bertz CT molecular complexity index is 420. The minimum absolute atomic E-state index is 0.450. The van der Waals surface area contributed by atoms with Gasteiger partial charge in [-0.1, -0.05) is 6.92 Å². The van der Waals surface area contributed by atoms with Gasteiger partial charge in [-0.3, -0.25) is 0 Å². The molecule has 112 valence electrons. The second kappa shape index (κ2) is 7.72. The maximum atomic E-state index is 4.68. The second-order valence-electron chi connectivity index (χ2n) is 5.33. The van der Waals surface area contributed by atoms with Crippen molar-refractivity contribution in [1.29, 1.82) is 0 Å². The first kappa shape index (κ1) is 15.4. The van der Waals surface area contributed by atoms with E-state index in [2.05, 4.69) is 41.4 Å². The third-order valence-corrected chi connectivity index (χ3v) is 4.27. The smallest absolute Gasteiger partial charge is 0.136 e. The van der Waals surface area contributed by atoms with Gasteiger partial charge >= 0.3 is 0 Å². The van der Waals surface area contributed by atoms with E-state index in [1.807, 2.05) is 17.8 Å². The Kier molecular flexibility index (Phi) is 5.95. The SMILES string of the molecule is CCNc1cc(NC(C)CCSCC)nc(C2CC2)n1. The zero-order valence-corrected chi connectivity index (χ0v) is 13.6. The number of nitrogens with zero attached hydrogens (tertiary/aromatic N) is 2. The average Bonchev–Trinajstić information content (AvgIpc) is 3.23. The highest BCUT2D eigenvalue weighted by Crippen LogP contribution is 2.38. The van der Waals surface area contributed by atoms with Crippen LogP contribution in [0.4, 0.5) is 11.6 Å². The molecule has 5 heteroatoms. The summed E-state index contributed by atoms with van der Waals surface area (Å²) in [5.41, 5.74) is 0. The maximum absolute atomic E-state index is 4.68. The lowest BCUT2D eigenvalue weighted by Gasteiger charge is -2.16. The van der Waals surface area contributed by atoms with Gasteiger partial charge in [-0.2, -0.15) is 11.8 Å². The lowest BCUT2D eigenvalue weighted by atomic mass is 10.2. The molecule has 1 fully saturated rings. The van der Waals surface area contributed by atoms with Crippen molar-refractivity contribution in [3.8, 4) is 0 Å². The van der Waals surface area contributed by atoms with Crippen molar-refractivity contribution in [2.75, 3.05) is 28.7 Å². The van der Waals surface area contributed by atoms with Gasteiger partial charge in [0, 0.05) is 24.6 Å². The molecule has 0 saturated heterocycles. The van der Waals surface area contributed by atoms with E-state index in [4.69, 9.17) is 0 Å². The predicted molar refractivity (Wildman–Crippen MR) is 88.9 cm³/mol.